The first-order valence-corrected chi connectivity index (χ1v) is 9.62. The van der Waals surface area contributed by atoms with Crippen molar-refractivity contribution in [2.24, 2.45) is 0 Å². The van der Waals surface area contributed by atoms with Gasteiger partial charge in [-0.1, -0.05) is 39.8 Å². The number of likely N-dealkylation sites (tertiary alicyclic amines) is 1. The molecule has 6 heteroatoms. The van der Waals surface area contributed by atoms with E-state index >= 15 is 0 Å². The van der Waals surface area contributed by atoms with Gasteiger partial charge in [0.25, 0.3) is 0 Å². The largest absolute Gasteiger partial charge is 0.395 e. The van der Waals surface area contributed by atoms with Gasteiger partial charge in [0.05, 0.1) is 6.61 Å². The van der Waals surface area contributed by atoms with Crippen molar-refractivity contribution in [2.75, 3.05) is 25.4 Å². The normalized spacial score (nSPS) is 21.2. The lowest BCUT2D eigenvalue weighted by molar-refractivity contribution is -0.104. The lowest BCUT2D eigenvalue weighted by Crippen LogP contribution is -2.36. The molecule has 0 radical (unpaired) electrons. The van der Waals surface area contributed by atoms with Gasteiger partial charge in [0.15, 0.2) is 0 Å². The van der Waals surface area contributed by atoms with Crippen LogP contribution in [0, 0.1) is 5.82 Å². The van der Waals surface area contributed by atoms with Crippen molar-refractivity contribution in [2.45, 2.75) is 18.2 Å². The zero-order chi connectivity index (χ0) is 15.8. The molecule has 1 N–H and O–H groups in total. The van der Waals surface area contributed by atoms with Gasteiger partial charge in [0.2, 0.25) is 0 Å². The molecule has 0 spiro atoms. The average molecular weight is 341 g/mol. The fourth-order valence-corrected chi connectivity index (χ4v) is 4.93. The van der Waals surface area contributed by atoms with Crippen LogP contribution in [0.1, 0.15) is 12.0 Å². The Balaban J connectivity index is 1.96. The SMILES string of the molecule is O=C/C=C1/CN(Cc2ccccc2F)CCC1SSCCO. The maximum atomic E-state index is 13.7. The molecule has 0 amide bonds. The van der Waals surface area contributed by atoms with Gasteiger partial charge in [0.1, 0.15) is 12.1 Å². The zero-order valence-corrected chi connectivity index (χ0v) is 13.9. The molecule has 1 aliphatic heterocycles. The minimum Gasteiger partial charge on any atom is -0.395 e. The third kappa shape index (κ3) is 5.12. The first kappa shape index (κ1) is 17.5. The Hall–Kier alpha value is -0.820. The summed E-state index contributed by atoms with van der Waals surface area (Å²) in [5, 5.41) is 9.14. The molecule has 0 aromatic heterocycles. The number of aliphatic hydroxyl groups is 1. The summed E-state index contributed by atoms with van der Waals surface area (Å²) in [5.41, 5.74) is 1.77. The van der Waals surface area contributed by atoms with Crippen LogP contribution in [0.4, 0.5) is 4.39 Å². The van der Waals surface area contributed by atoms with E-state index in [0.29, 0.717) is 29.7 Å². The molecule has 1 unspecified atom stereocenters. The maximum Gasteiger partial charge on any atom is 0.142 e. The number of hydrogen-bond donors (Lipinski definition) is 1. The Kier molecular flexibility index (Phi) is 7.45. The summed E-state index contributed by atoms with van der Waals surface area (Å²) in [4.78, 5) is 13.0. The molecule has 0 aliphatic carbocycles. The van der Waals surface area contributed by atoms with Gasteiger partial charge in [0, 0.05) is 36.2 Å². The Bertz CT molecular complexity index is 525. The van der Waals surface area contributed by atoms with Gasteiger partial charge in [-0.25, -0.2) is 4.39 Å². The highest BCUT2D eigenvalue weighted by atomic mass is 33.1. The summed E-state index contributed by atoms with van der Waals surface area (Å²) in [6.45, 7) is 2.28. The van der Waals surface area contributed by atoms with E-state index in [-0.39, 0.29) is 12.4 Å². The van der Waals surface area contributed by atoms with Gasteiger partial charge in [-0.2, -0.15) is 0 Å². The van der Waals surface area contributed by atoms with Crippen molar-refractivity contribution >= 4 is 27.9 Å². The van der Waals surface area contributed by atoms with E-state index in [1.54, 1.807) is 39.8 Å². The Morgan fingerprint density at radius 1 is 1.41 bits per heavy atom. The predicted octanol–water partition coefficient (Wildman–Crippen LogP) is 2.90. The highest BCUT2D eigenvalue weighted by Crippen LogP contribution is 2.36. The van der Waals surface area contributed by atoms with E-state index in [0.717, 1.165) is 24.8 Å². The summed E-state index contributed by atoms with van der Waals surface area (Å²) in [6, 6.07) is 6.81. The van der Waals surface area contributed by atoms with E-state index in [1.165, 1.54) is 6.07 Å². The molecule has 1 fully saturated rings. The molecular weight excluding hydrogens is 321 g/mol. The molecule has 0 bridgehead atoms. The van der Waals surface area contributed by atoms with Crippen molar-refractivity contribution in [3.63, 3.8) is 0 Å². The van der Waals surface area contributed by atoms with E-state index < -0.39 is 0 Å². The van der Waals surface area contributed by atoms with Crippen LogP contribution >= 0.6 is 21.6 Å². The number of carbonyl (C=O) groups excluding carboxylic acids is 1. The fourth-order valence-electron chi connectivity index (χ4n) is 2.45. The number of aldehydes is 1. The Morgan fingerprint density at radius 3 is 2.95 bits per heavy atom. The predicted molar refractivity (Wildman–Crippen MR) is 91.4 cm³/mol. The number of piperidine rings is 1. The number of rotatable bonds is 7. The molecule has 120 valence electrons. The van der Waals surface area contributed by atoms with E-state index in [1.807, 2.05) is 6.07 Å². The number of nitrogens with zero attached hydrogens (tertiary/aromatic N) is 1. The second kappa shape index (κ2) is 9.35. The summed E-state index contributed by atoms with van der Waals surface area (Å²) in [6.07, 6.45) is 3.38. The molecule has 1 aliphatic rings. The summed E-state index contributed by atoms with van der Waals surface area (Å²) >= 11 is 0. The maximum absolute atomic E-state index is 13.7. The summed E-state index contributed by atoms with van der Waals surface area (Å²) in [7, 11) is 3.34. The Morgan fingerprint density at radius 2 is 2.23 bits per heavy atom. The van der Waals surface area contributed by atoms with Gasteiger partial charge in [-0.15, -0.1) is 0 Å². The quantitative estimate of drug-likeness (QED) is 0.357. The molecule has 2 rings (SSSR count). The van der Waals surface area contributed by atoms with Crippen LogP contribution in [0.15, 0.2) is 35.9 Å². The second-order valence-corrected chi connectivity index (χ2v) is 7.79. The highest BCUT2D eigenvalue weighted by molar-refractivity contribution is 8.77. The van der Waals surface area contributed by atoms with Gasteiger partial charge in [-0.3, -0.25) is 9.69 Å². The first-order chi connectivity index (χ1) is 10.7. The molecule has 1 aromatic rings. The number of carbonyl (C=O) groups is 1. The van der Waals surface area contributed by atoms with Gasteiger partial charge >= 0.3 is 0 Å². The third-order valence-electron chi connectivity index (χ3n) is 3.52. The fraction of sp³-hybridized carbons (Fsp3) is 0.438. The third-order valence-corrected chi connectivity index (χ3v) is 6.38. The van der Waals surface area contributed by atoms with E-state index in [9.17, 15) is 9.18 Å². The number of benzene rings is 1. The average Bonchev–Trinajstić information content (AvgIpc) is 2.52. The van der Waals surface area contributed by atoms with Gasteiger partial charge in [-0.05, 0) is 24.1 Å². The molecular formula is C16H20FNO2S2. The smallest absolute Gasteiger partial charge is 0.142 e. The van der Waals surface area contributed by atoms with E-state index in [2.05, 4.69) is 4.90 Å². The number of halogens is 1. The van der Waals surface area contributed by atoms with Crippen LogP contribution in [-0.4, -0.2) is 47.0 Å². The minimum atomic E-state index is -0.182. The molecule has 3 nitrogen and oxygen atoms in total. The topological polar surface area (TPSA) is 40.5 Å². The Labute approximate surface area is 138 Å². The molecule has 0 saturated carbocycles. The van der Waals surface area contributed by atoms with Crippen molar-refractivity contribution in [3.8, 4) is 0 Å². The molecule has 1 aromatic carbocycles. The van der Waals surface area contributed by atoms with E-state index in [4.69, 9.17) is 5.11 Å². The molecule has 22 heavy (non-hydrogen) atoms. The van der Waals surface area contributed by atoms with Crippen LogP contribution in [0.25, 0.3) is 0 Å². The monoisotopic (exact) mass is 341 g/mol. The van der Waals surface area contributed by atoms with Crippen LogP contribution < -0.4 is 0 Å². The summed E-state index contributed by atoms with van der Waals surface area (Å²) < 4.78 is 13.7. The number of hydrogen-bond acceptors (Lipinski definition) is 5. The van der Waals surface area contributed by atoms with Crippen LogP contribution in [-0.2, 0) is 11.3 Å². The van der Waals surface area contributed by atoms with Crippen molar-refractivity contribution in [1.82, 2.24) is 4.90 Å². The summed E-state index contributed by atoms with van der Waals surface area (Å²) in [5.74, 6) is 0.507. The van der Waals surface area contributed by atoms with Crippen LogP contribution in [0.3, 0.4) is 0 Å². The number of allylic oxidation sites excluding steroid dienone is 1. The molecule has 1 atom stereocenters. The van der Waals surface area contributed by atoms with Crippen molar-refractivity contribution in [1.29, 1.82) is 0 Å². The minimum absolute atomic E-state index is 0.163. The van der Waals surface area contributed by atoms with Crippen molar-refractivity contribution < 1.29 is 14.3 Å². The van der Waals surface area contributed by atoms with Crippen LogP contribution in [0.2, 0.25) is 0 Å². The highest BCUT2D eigenvalue weighted by Gasteiger charge is 2.24. The number of aliphatic hydroxyl groups excluding tert-OH is 1. The first-order valence-electron chi connectivity index (χ1n) is 7.23. The lowest BCUT2D eigenvalue weighted by Gasteiger charge is -2.33. The molecule has 1 heterocycles. The van der Waals surface area contributed by atoms with Gasteiger partial charge < -0.3 is 5.11 Å². The lowest BCUT2D eigenvalue weighted by atomic mass is 10.0. The molecule has 1 saturated heterocycles. The second-order valence-electron chi connectivity index (χ2n) is 5.10. The standard InChI is InChI=1S/C16H20FNO2S2/c17-15-4-2-1-3-13(15)11-18-7-5-16(22-21-10-9-20)14(12-18)6-8-19/h1-4,6,8,16,20H,5,7,9-12H2/b14-6-. The van der Waals surface area contributed by atoms with Crippen molar-refractivity contribution in [3.05, 3.63) is 47.3 Å². The van der Waals surface area contributed by atoms with Crippen LogP contribution in [0.5, 0.6) is 0 Å². The zero-order valence-electron chi connectivity index (χ0n) is 12.3.